The van der Waals surface area contributed by atoms with Gasteiger partial charge in [-0.1, -0.05) is 48.5 Å². The third-order valence-corrected chi connectivity index (χ3v) is 5.23. The van der Waals surface area contributed by atoms with Crippen LogP contribution < -0.4 is 0 Å². The maximum absolute atomic E-state index is 3.58. The molecule has 3 aromatic carbocycles. The van der Waals surface area contributed by atoms with Crippen LogP contribution in [-0.2, 0) is 0 Å². The maximum Gasteiger partial charge on any atom is 0.0705 e. The first-order valence-corrected chi connectivity index (χ1v) is 8.10. The van der Waals surface area contributed by atoms with Crippen molar-refractivity contribution in [2.45, 2.75) is 0 Å². The van der Waals surface area contributed by atoms with Crippen molar-refractivity contribution in [2.75, 3.05) is 0 Å². The minimum Gasteiger partial charge on any atom is -0.128 e. The fraction of sp³-hybridized carbons (Fsp3) is 0. The Morgan fingerprint density at radius 2 is 1.30 bits per heavy atom. The summed E-state index contributed by atoms with van der Waals surface area (Å²) in [6.07, 6.45) is 0. The Morgan fingerprint density at radius 3 is 1.85 bits per heavy atom. The second-order valence-electron chi connectivity index (χ2n) is 4.80. The van der Waals surface area contributed by atoms with Crippen molar-refractivity contribution in [1.29, 1.82) is 0 Å². The third kappa shape index (κ3) is 1.88. The number of benzene rings is 3. The van der Waals surface area contributed by atoms with Gasteiger partial charge >= 0.3 is 0 Å². The Kier molecular flexibility index (Phi) is 2.86. The van der Waals surface area contributed by atoms with Crippen LogP contribution in [0.5, 0.6) is 0 Å². The zero-order chi connectivity index (χ0) is 13.5. The highest BCUT2D eigenvalue weighted by atomic mass is 79.9. The van der Waals surface area contributed by atoms with Gasteiger partial charge in [0.25, 0.3) is 0 Å². The van der Waals surface area contributed by atoms with Gasteiger partial charge in [0.15, 0.2) is 0 Å². The summed E-state index contributed by atoms with van der Waals surface area (Å²) in [6.45, 7) is 0. The van der Waals surface area contributed by atoms with Gasteiger partial charge in [-0.2, -0.15) is 0 Å². The molecule has 0 amide bonds. The fourth-order valence-corrected chi connectivity index (χ4v) is 4.19. The standard InChI is InChI=1S/C18H11BrS/c19-17-10-9-16(20-17)18-14-7-3-1-5-12(14)11-13-6-2-4-8-15(13)18/h1-11H. The molecule has 0 atom stereocenters. The zero-order valence-corrected chi connectivity index (χ0v) is 13.0. The van der Waals surface area contributed by atoms with E-state index in [0.717, 1.165) is 0 Å². The third-order valence-electron chi connectivity index (χ3n) is 3.59. The van der Waals surface area contributed by atoms with Crippen LogP contribution >= 0.6 is 27.3 Å². The van der Waals surface area contributed by atoms with E-state index >= 15 is 0 Å². The molecule has 0 fully saturated rings. The predicted octanol–water partition coefficient (Wildman–Crippen LogP) is 6.48. The lowest BCUT2D eigenvalue weighted by Gasteiger charge is -2.10. The molecule has 1 aromatic heterocycles. The number of thiophene rings is 1. The van der Waals surface area contributed by atoms with Gasteiger partial charge in [-0.25, -0.2) is 0 Å². The molecule has 0 nitrogen and oxygen atoms in total. The lowest BCUT2D eigenvalue weighted by molar-refractivity contribution is 1.75. The summed E-state index contributed by atoms with van der Waals surface area (Å²) in [5.41, 5.74) is 1.34. The van der Waals surface area contributed by atoms with Crippen LogP contribution in [0.3, 0.4) is 0 Å². The topological polar surface area (TPSA) is 0 Å². The number of halogens is 1. The van der Waals surface area contributed by atoms with Gasteiger partial charge in [0.05, 0.1) is 3.79 Å². The summed E-state index contributed by atoms with van der Waals surface area (Å²) in [4.78, 5) is 1.31. The van der Waals surface area contributed by atoms with Gasteiger partial charge < -0.3 is 0 Å². The molecule has 0 aliphatic rings. The molecule has 1 heterocycles. The lowest BCUT2D eigenvalue weighted by Crippen LogP contribution is -1.82. The molecule has 0 saturated heterocycles. The van der Waals surface area contributed by atoms with Gasteiger partial charge in [-0.05, 0) is 55.7 Å². The van der Waals surface area contributed by atoms with Crippen molar-refractivity contribution in [3.05, 3.63) is 70.5 Å². The lowest BCUT2D eigenvalue weighted by atomic mass is 9.96. The summed E-state index contributed by atoms with van der Waals surface area (Å²) in [7, 11) is 0. The summed E-state index contributed by atoms with van der Waals surface area (Å²) >= 11 is 5.36. The van der Waals surface area contributed by atoms with Crippen LogP contribution in [0.1, 0.15) is 0 Å². The highest BCUT2D eigenvalue weighted by Crippen LogP contribution is 2.40. The van der Waals surface area contributed by atoms with E-state index in [-0.39, 0.29) is 0 Å². The molecular formula is C18H11BrS. The molecule has 0 radical (unpaired) electrons. The van der Waals surface area contributed by atoms with Crippen LogP contribution in [0.15, 0.2) is 70.5 Å². The van der Waals surface area contributed by atoms with Crippen LogP contribution in [-0.4, -0.2) is 0 Å². The monoisotopic (exact) mass is 338 g/mol. The first-order chi connectivity index (χ1) is 9.83. The van der Waals surface area contributed by atoms with E-state index in [1.807, 2.05) is 0 Å². The SMILES string of the molecule is Brc1ccc(-c2c3ccccc3cc3ccccc23)s1. The van der Waals surface area contributed by atoms with E-state index in [0.29, 0.717) is 0 Å². The number of hydrogen-bond donors (Lipinski definition) is 0. The van der Waals surface area contributed by atoms with Crippen molar-refractivity contribution in [3.63, 3.8) is 0 Å². The quantitative estimate of drug-likeness (QED) is 0.348. The Balaban J connectivity index is 2.23. The molecule has 0 bridgehead atoms. The first-order valence-electron chi connectivity index (χ1n) is 6.49. The van der Waals surface area contributed by atoms with Gasteiger partial charge in [0.2, 0.25) is 0 Å². The van der Waals surface area contributed by atoms with Gasteiger partial charge in [0.1, 0.15) is 0 Å². The zero-order valence-electron chi connectivity index (χ0n) is 10.6. The highest BCUT2D eigenvalue weighted by Gasteiger charge is 2.11. The average Bonchev–Trinajstić information content (AvgIpc) is 2.91. The Hall–Kier alpha value is -1.64. The van der Waals surface area contributed by atoms with Crippen molar-refractivity contribution < 1.29 is 0 Å². The number of rotatable bonds is 1. The Bertz CT molecular complexity index is 867. The van der Waals surface area contributed by atoms with E-state index in [9.17, 15) is 0 Å². The second kappa shape index (κ2) is 4.72. The minimum absolute atomic E-state index is 1.17. The average molecular weight is 339 g/mol. The largest absolute Gasteiger partial charge is 0.128 e. The second-order valence-corrected chi connectivity index (χ2v) is 7.26. The summed E-state index contributed by atoms with van der Waals surface area (Å²) in [5.74, 6) is 0. The first kappa shape index (κ1) is 12.1. The summed E-state index contributed by atoms with van der Waals surface area (Å²) in [6, 6.07) is 23.8. The smallest absolute Gasteiger partial charge is 0.0705 e. The van der Waals surface area contributed by atoms with Crippen LogP contribution in [0, 0.1) is 0 Å². The molecule has 96 valence electrons. The molecule has 4 rings (SSSR count). The van der Waals surface area contributed by atoms with Crippen LogP contribution in [0.25, 0.3) is 32.0 Å². The predicted molar refractivity (Wildman–Crippen MR) is 92.5 cm³/mol. The van der Waals surface area contributed by atoms with Gasteiger partial charge in [0, 0.05) is 10.4 Å². The van der Waals surface area contributed by atoms with Crippen LogP contribution in [0.4, 0.5) is 0 Å². The van der Waals surface area contributed by atoms with Gasteiger partial charge in [-0.15, -0.1) is 11.3 Å². The van der Waals surface area contributed by atoms with E-state index < -0.39 is 0 Å². The minimum atomic E-state index is 1.17. The number of fused-ring (bicyclic) bond motifs is 2. The molecule has 0 saturated carbocycles. The molecular weight excluding hydrogens is 328 g/mol. The van der Waals surface area contributed by atoms with Gasteiger partial charge in [-0.3, -0.25) is 0 Å². The van der Waals surface area contributed by atoms with Crippen molar-refractivity contribution in [1.82, 2.24) is 0 Å². The molecule has 0 unspecified atom stereocenters. The summed E-state index contributed by atoms with van der Waals surface area (Å²) < 4.78 is 1.17. The Morgan fingerprint density at radius 1 is 0.700 bits per heavy atom. The van der Waals surface area contributed by atoms with E-state index in [4.69, 9.17) is 0 Å². The van der Waals surface area contributed by atoms with Crippen LogP contribution in [0.2, 0.25) is 0 Å². The molecule has 0 aliphatic carbocycles. The molecule has 0 aliphatic heterocycles. The molecule has 4 aromatic rings. The van der Waals surface area contributed by atoms with Crippen molar-refractivity contribution >= 4 is 48.8 Å². The maximum atomic E-state index is 3.58. The fourth-order valence-electron chi connectivity index (χ4n) is 2.73. The molecule has 0 N–H and O–H groups in total. The van der Waals surface area contributed by atoms with E-state index in [1.54, 1.807) is 11.3 Å². The van der Waals surface area contributed by atoms with E-state index in [2.05, 4.69) is 82.7 Å². The normalized spacial score (nSPS) is 11.2. The van der Waals surface area contributed by atoms with Crippen molar-refractivity contribution in [2.24, 2.45) is 0 Å². The Labute approximate surface area is 129 Å². The molecule has 2 heteroatoms. The van der Waals surface area contributed by atoms with E-state index in [1.165, 1.54) is 35.8 Å². The summed E-state index contributed by atoms with van der Waals surface area (Å²) in [5, 5.41) is 5.23. The number of hydrogen-bond acceptors (Lipinski definition) is 1. The highest BCUT2D eigenvalue weighted by molar-refractivity contribution is 9.11. The molecule has 20 heavy (non-hydrogen) atoms. The van der Waals surface area contributed by atoms with Crippen molar-refractivity contribution in [3.8, 4) is 10.4 Å². The molecule has 0 spiro atoms.